The molecule has 0 spiro atoms. The fourth-order valence-electron chi connectivity index (χ4n) is 10.5. The van der Waals surface area contributed by atoms with Crippen LogP contribution in [0.5, 0.6) is 17.2 Å². The minimum Gasteiger partial charge on any atom is -0.459 e. The molecule has 6 unspecified atom stereocenters. The van der Waals surface area contributed by atoms with Gasteiger partial charge in [-0.2, -0.15) is 0 Å². The highest BCUT2D eigenvalue weighted by atomic mass is 16.7. The Bertz CT molecular complexity index is 2530. The molecule has 67 heavy (non-hydrogen) atoms. The number of benzene rings is 5. The zero-order valence-electron chi connectivity index (χ0n) is 39.4. The highest BCUT2D eigenvalue weighted by Gasteiger charge is 2.66. The second-order valence-corrected chi connectivity index (χ2v) is 18.9. The number of carbonyl (C=O) groups excluding carboxylic acids is 1. The SMILES string of the molecule is C=CCOC12Oc3ccc(Oc4ccc(-c5ccccc5)cc4)cc3C3C(CCCCO)C(CCCCO)C=C(C(=NOC(C)(C)C)CC1N(Cc1cccc4ccccc14)C(=O)OCC)C32. The number of nitrogens with zero attached hydrogens (tertiary/aromatic N) is 2. The molecule has 10 nitrogen and oxygen atoms in total. The number of ether oxygens (including phenoxy) is 4. The molecule has 1 aliphatic heterocycles. The van der Waals surface area contributed by atoms with Crippen LogP contribution in [-0.4, -0.2) is 70.8 Å². The van der Waals surface area contributed by atoms with Crippen molar-refractivity contribution in [1.29, 1.82) is 0 Å². The Morgan fingerprint density at radius 2 is 1.57 bits per heavy atom. The average molecular weight is 907 g/mol. The molecule has 1 saturated carbocycles. The number of aliphatic hydroxyl groups is 2. The second-order valence-electron chi connectivity index (χ2n) is 18.9. The van der Waals surface area contributed by atoms with Crippen LogP contribution < -0.4 is 9.47 Å². The van der Waals surface area contributed by atoms with Crippen molar-refractivity contribution in [3.63, 3.8) is 0 Å². The predicted octanol–water partition coefficient (Wildman–Crippen LogP) is 12.4. The lowest BCUT2D eigenvalue weighted by Gasteiger charge is -2.60. The summed E-state index contributed by atoms with van der Waals surface area (Å²) in [7, 11) is 0. The summed E-state index contributed by atoms with van der Waals surface area (Å²) in [6, 6.07) is 38.0. The third kappa shape index (κ3) is 10.5. The van der Waals surface area contributed by atoms with Crippen molar-refractivity contribution in [3.8, 4) is 28.4 Å². The summed E-state index contributed by atoms with van der Waals surface area (Å²) in [5.41, 5.74) is 5.23. The maximum atomic E-state index is 14.8. The summed E-state index contributed by atoms with van der Waals surface area (Å²) >= 11 is 0. The van der Waals surface area contributed by atoms with Crippen molar-refractivity contribution in [2.24, 2.45) is 22.9 Å². The normalized spacial score (nSPS) is 22.5. The Labute approximate surface area is 395 Å². The van der Waals surface area contributed by atoms with E-state index in [9.17, 15) is 15.0 Å². The van der Waals surface area contributed by atoms with Gasteiger partial charge in [-0.05, 0) is 129 Å². The zero-order valence-corrected chi connectivity index (χ0v) is 39.4. The number of rotatable bonds is 19. The molecule has 5 aromatic rings. The number of unbranched alkanes of at least 4 members (excludes halogenated alkanes) is 2. The van der Waals surface area contributed by atoms with Gasteiger partial charge in [0, 0.05) is 31.1 Å². The highest BCUT2D eigenvalue weighted by molar-refractivity contribution is 6.03. The van der Waals surface area contributed by atoms with Crippen molar-refractivity contribution in [3.05, 3.63) is 151 Å². The molecule has 10 heteroatoms. The first-order valence-electron chi connectivity index (χ1n) is 24.1. The van der Waals surface area contributed by atoms with Gasteiger partial charge in [0.25, 0.3) is 0 Å². The van der Waals surface area contributed by atoms with Crippen molar-refractivity contribution in [2.75, 3.05) is 26.4 Å². The highest BCUT2D eigenvalue weighted by Crippen LogP contribution is 2.62. The molecule has 2 aliphatic carbocycles. The van der Waals surface area contributed by atoms with Crippen molar-refractivity contribution in [1.82, 2.24) is 4.90 Å². The lowest BCUT2D eigenvalue weighted by Crippen LogP contribution is -2.70. The van der Waals surface area contributed by atoms with Crippen LogP contribution in [0.2, 0.25) is 0 Å². The van der Waals surface area contributed by atoms with Crippen molar-refractivity contribution < 1.29 is 38.8 Å². The number of allylic oxidation sites excluding steroid dienone is 1. The maximum Gasteiger partial charge on any atom is 0.410 e. The first kappa shape index (κ1) is 47.5. The van der Waals surface area contributed by atoms with Gasteiger partial charge >= 0.3 is 6.09 Å². The van der Waals surface area contributed by atoms with E-state index in [-0.39, 0.29) is 57.1 Å². The van der Waals surface area contributed by atoms with Gasteiger partial charge in [0.1, 0.15) is 28.9 Å². The third-order valence-electron chi connectivity index (χ3n) is 13.4. The van der Waals surface area contributed by atoms with E-state index in [2.05, 4.69) is 67.3 Å². The number of amides is 1. The Balaban J connectivity index is 1.32. The molecule has 3 aliphatic rings. The molecule has 2 N–H and O–H groups in total. The first-order chi connectivity index (χ1) is 32.6. The van der Waals surface area contributed by atoms with Crippen LogP contribution in [0.4, 0.5) is 4.79 Å². The largest absolute Gasteiger partial charge is 0.459 e. The van der Waals surface area contributed by atoms with Crippen LogP contribution in [0.1, 0.15) is 89.7 Å². The van der Waals surface area contributed by atoms with E-state index in [0.29, 0.717) is 30.1 Å². The number of hydrogen-bond acceptors (Lipinski definition) is 9. The van der Waals surface area contributed by atoms with Gasteiger partial charge in [-0.15, -0.1) is 6.58 Å². The molecular formula is C57H66N2O8. The van der Waals surface area contributed by atoms with Crippen molar-refractivity contribution >= 4 is 22.6 Å². The Hall–Kier alpha value is -5.94. The molecule has 0 aromatic heterocycles. The Morgan fingerprint density at radius 1 is 0.866 bits per heavy atom. The van der Waals surface area contributed by atoms with Gasteiger partial charge in [0.05, 0.1) is 31.4 Å². The Kier molecular flexibility index (Phi) is 15.2. The fourth-order valence-corrected chi connectivity index (χ4v) is 10.5. The van der Waals surface area contributed by atoms with Crippen molar-refractivity contribution in [2.45, 2.75) is 103 Å². The Morgan fingerprint density at radius 3 is 2.30 bits per heavy atom. The van der Waals surface area contributed by atoms with Crippen LogP contribution in [-0.2, 0) is 20.9 Å². The van der Waals surface area contributed by atoms with E-state index in [0.717, 1.165) is 70.0 Å². The lowest BCUT2D eigenvalue weighted by molar-refractivity contribution is -0.256. The molecule has 5 aromatic carbocycles. The molecule has 8 rings (SSSR count). The maximum absolute atomic E-state index is 14.8. The van der Waals surface area contributed by atoms with Gasteiger partial charge in [-0.25, -0.2) is 4.79 Å². The predicted molar refractivity (Wildman–Crippen MR) is 264 cm³/mol. The molecule has 352 valence electrons. The smallest absolute Gasteiger partial charge is 0.410 e. The van der Waals surface area contributed by atoms with E-state index in [1.165, 1.54) is 0 Å². The van der Waals surface area contributed by atoms with E-state index < -0.39 is 29.4 Å². The van der Waals surface area contributed by atoms with Crippen LogP contribution in [0.3, 0.4) is 0 Å². The second kappa shape index (κ2) is 21.3. The van der Waals surface area contributed by atoms with E-state index >= 15 is 0 Å². The van der Waals surface area contributed by atoms with E-state index in [1.807, 2.05) is 88.4 Å². The van der Waals surface area contributed by atoms with Crippen LogP contribution in [0.25, 0.3) is 21.9 Å². The molecular weight excluding hydrogens is 841 g/mol. The first-order valence-corrected chi connectivity index (χ1v) is 24.1. The molecule has 0 bridgehead atoms. The summed E-state index contributed by atoms with van der Waals surface area (Å²) < 4.78 is 27.3. The summed E-state index contributed by atoms with van der Waals surface area (Å²) in [5.74, 6) is -0.0206. The molecule has 1 fully saturated rings. The number of carbonyl (C=O) groups is 1. The molecule has 0 radical (unpaired) electrons. The minimum absolute atomic E-state index is 0.0476. The van der Waals surface area contributed by atoms with Crippen LogP contribution in [0, 0.1) is 17.8 Å². The summed E-state index contributed by atoms with van der Waals surface area (Å²) in [4.78, 5) is 22.9. The topological polar surface area (TPSA) is 119 Å². The van der Waals surface area contributed by atoms with Crippen LogP contribution in [0.15, 0.2) is 145 Å². The standard InChI is InChI=1S/C57H66N2O8/c1-6-34-64-57-52(59(55(62)63-7-2)38-43-23-17-22-41-20-11-12-24-46(41)43)37-50(58-67-56(3,4)5)48-35-42(21-13-15-32-60)47(25-14-16-33-61)53(54(48)57)49-36-45(30-31-51(49)66-57)65-44-28-26-40(27-29-44)39-18-9-8-10-19-39/h6,8-12,17-20,22-24,26-31,35-36,42,47,52-54,60-61H,1,7,13-16,21,25,32-34,37-38H2,2-5H3. The summed E-state index contributed by atoms with van der Waals surface area (Å²) in [6.45, 7) is 12.6. The van der Waals surface area contributed by atoms with Gasteiger partial charge < -0.3 is 34.0 Å². The molecule has 1 heterocycles. The third-order valence-corrected chi connectivity index (χ3v) is 13.4. The van der Waals surface area contributed by atoms with Crippen LogP contribution >= 0.6 is 0 Å². The number of hydrogen-bond donors (Lipinski definition) is 2. The van der Waals surface area contributed by atoms with Gasteiger partial charge in [0.15, 0.2) is 0 Å². The quantitative estimate of drug-likeness (QED) is 0.0478. The van der Waals surface area contributed by atoms with Gasteiger partial charge in [-0.3, -0.25) is 4.90 Å². The number of oxime groups is 1. The lowest BCUT2D eigenvalue weighted by atomic mass is 9.55. The van der Waals surface area contributed by atoms with Gasteiger partial charge in [0.2, 0.25) is 5.79 Å². The monoisotopic (exact) mass is 906 g/mol. The summed E-state index contributed by atoms with van der Waals surface area (Å²) in [5, 5.41) is 27.2. The summed E-state index contributed by atoms with van der Waals surface area (Å²) in [6.07, 6.45) is 8.48. The molecule has 0 saturated heterocycles. The van der Waals surface area contributed by atoms with E-state index in [1.54, 1.807) is 11.0 Å². The van der Waals surface area contributed by atoms with E-state index in [4.69, 9.17) is 28.9 Å². The minimum atomic E-state index is -1.45. The average Bonchev–Trinajstić information content (AvgIpc) is 3.33. The molecule has 1 amide bonds. The van der Waals surface area contributed by atoms with Gasteiger partial charge in [-0.1, -0.05) is 115 Å². The molecule has 6 atom stereocenters. The zero-order chi connectivity index (χ0) is 47.0. The number of fused-ring (bicyclic) bond motifs is 3. The fraction of sp³-hybridized carbons (Fsp3) is 0.404. The number of aliphatic hydroxyl groups excluding tert-OH is 2.